The Morgan fingerprint density at radius 3 is 3.18 bits per heavy atom. The number of fused-ring (bicyclic) bond motifs is 1. The molecule has 1 aromatic carbocycles. The van der Waals surface area contributed by atoms with Gasteiger partial charge >= 0.3 is 0 Å². The second kappa shape index (κ2) is 7.33. The summed E-state index contributed by atoms with van der Waals surface area (Å²) in [6, 6.07) is 6.22. The van der Waals surface area contributed by atoms with Crippen LogP contribution in [0, 0.1) is 0 Å². The lowest BCUT2D eigenvalue weighted by molar-refractivity contribution is 0.234. The third-order valence-corrected chi connectivity index (χ3v) is 2.53. The van der Waals surface area contributed by atoms with E-state index in [1.54, 1.807) is 7.11 Å². The molecule has 2 rings (SSSR count). The van der Waals surface area contributed by atoms with Crippen molar-refractivity contribution in [3.8, 4) is 5.75 Å². The highest BCUT2D eigenvalue weighted by Gasteiger charge is 2.10. The van der Waals surface area contributed by atoms with Gasteiger partial charge in [0.05, 0.1) is 6.61 Å². The normalized spacial score (nSPS) is 14.6. The molecule has 1 aromatic rings. The summed E-state index contributed by atoms with van der Waals surface area (Å²) < 4.78 is 10.7. The van der Waals surface area contributed by atoms with E-state index in [1.807, 2.05) is 12.2 Å². The molecule has 0 unspecified atom stereocenters. The number of ether oxygens (including phenoxy) is 2. The average Bonchev–Trinajstić information content (AvgIpc) is 2.55. The highest BCUT2D eigenvalue weighted by Crippen LogP contribution is 2.26. The Kier molecular flexibility index (Phi) is 6.05. The lowest BCUT2D eigenvalue weighted by Crippen LogP contribution is -2.16. The first-order chi connectivity index (χ1) is 7.92. The number of hydrogen-bond acceptors (Lipinski definition) is 3. The van der Waals surface area contributed by atoms with E-state index < -0.39 is 0 Å². The number of rotatable bonds is 3. The van der Waals surface area contributed by atoms with Crippen molar-refractivity contribution in [3.05, 3.63) is 35.4 Å². The Balaban J connectivity index is 0.00000144. The van der Waals surface area contributed by atoms with Gasteiger partial charge < -0.3 is 14.8 Å². The maximum atomic E-state index is 5.76. The zero-order valence-electron chi connectivity index (χ0n) is 9.94. The van der Waals surface area contributed by atoms with Crippen molar-refractivity contribution in [2.75, 3.05) is 26.9 Å². The Morgan fingerprint density at radius 2 is 2.35 bits per heavy atom. The van der Waals surface area contributed by atoms with Gasteiger partial charge in [-0.25, -0.2) is 0 Å². The van der Waals surface area contributed by atoms with E-state index >= 15 is 0 Å². The molecule has 17 heavy (non-hydrogen) atoms. The average molecular weight is 256 g/mol. The summed E-state index contributed by atoms with van der Waals surface area (Å²) in [6.45, 7) is 3.13. The maximum absolute atomic E-state index is 5.76. The van der Waals surface area contributed by atoms with E-state index in [2.05, 4.69) is 23.5 Å². The van der Waals surface area contributed by atoms with Crippen LogP contribution in [0.1, 0.15) is 11.1 Å². The molecule has 0 fully saturated rings. The minimum Gasteiger partial charge on any atom is -0.491 e. The molecule has 0 amide bonds. The van der Waals surface area contributed by atoms with E-state index in [0.29, 0.717) is 6.61 Å². The van der Waals surface area contributed by atoms with Crippen LogP contribution in [-0.4, -0.2) is 26.9 Å². The first-order valence-corrected chi connectivity index (χ1v) is 5.52. The predicted molar refractivity (Wildman–Crippen MR) is 71.8 cm³/mol. The van der Waals surface area contributed by atoms with Gasteiger partial charge in [-0.15, -0.1) is 12.4 Å². The van der Waals surface area contributed by atoms with Crippen LogP contribution >= 0.6 is 12.4 Å². The molecule has 0 atom stereocenters. The summed E-state index contributed by atoms with van der Waals surface area (Å²) in [6.07, 6.45) is 4.05. The fourth-order valence-corrected chi connectivity index (χ4v) is 1.77. The Bertz CT molecular complexity index is 380. The van der Waals surface area contributed by atoms with Crippen molar-refractivity contribution in [1.29, 1.82) is 0 Å². The monoisotopic (exact) mass is 255 g/mol. The fourth-order valence-electron chi connectivity index (χ4n) is 1.77. The van der Waals surface area contributed by atoms with E-state index in [4.69, 9.17) is 9.47 Å². The molecule has 94 valence electrons. The Hall–Kier alpha value is -1.03. The van der Waals surface area contributed by atoms with E-state index in [1.165, 1.54) is 5.56 Å². The molecular weight excluding hydrogens is 238 g/mol. The third-order valence-electron chi connectivity index (χ3n) is 2.53. The molecular formula is C13H18ClNO2. The van der Waals surface area contributed by atoms with Gasteiger partial charge in [-0.1, -0.05) is 30.4 Å². The minimum atomic E-state index is 0. The van der Waals surface area contributed by atoms with Crippen LogP contribution in [0.3, 0.4) is 0 Å². The molecule has 0 spiro atoms. The van der Waals surface area contributed by atoms with Crippen molar-refractivity contribution < 1.29 is 9.47 Å². The van der Waals surface area contributed by atoms with Gasteiger partial charge in [0.25, 0.3) is 0 Å². The van der Waals surface area contributed by atoms with Crippen molar-refractivity contribution in [2.24, 2.45) is 0 Å². The first kappa shape index (κ1) is 14.0. The van der Waals surface area contributed by atoms with Crippen molar-refractivity contribution >= 4 is 18.5 Å². The highest BCUT2D eigenvalue weighted by molar-refractivity contribution is 5.85. The Labute approximate surface area is 108 Å². The maximum Gasteiger partial charge on any atom is 0.131 e. The van der Waals surface area contributed by atoms with Gasteiger partial charge in [-0.2, -0.15) is 0 Å². The van der Waals surface area contributed by atoms with E-state index in [9.17, 15) is 0 Å². The molecule has 0 aromatic heterocycles. The molecule has 1 heterocycles. The van der Waals surface area contributed by atoms with E-state index in [-0.39, 0.29) is 12.4 Å². The van der Waals surface area contributed by atoms with Gasteiger partial charge in [0, 0.05) is 31.3 Å². The molecule has 0 saturated heterocycles. The predicted octanol–water partition coefficient (Wildman–Crippen LogP) is 2.25. The van der Waals surface area contributed by atoms with Crippen LogP contribution < -0.4 is 10.1 Å². The number of nitrogens with one attached hydrogen (secondary N) is 1. The molecule has 0 radical (unpaired) electrons. The summed E-state index contributed by atoms with van der Waals surface area (Å²) in [5.74, 6) is 1.000. The lowest BCUT2D eigenvalue weighted by Gasteiger charge is -2.09. The van der Waals surface area contributed by atoms with Crippen LogP contribution in [0.5, 0.6) is 5.75 Å². The lowest BCUT2D eigenvalue weighted by atomic mass is 10.1. The number of methoxy groups -OCH3 is 1. The molecule has 4 heteroatoms. The third kappa shape index (κ3) is 3.73. The van der Waals surface area contributed by atoms with Crippen LogP contribution in [0.25, 0.3) is 6.08 Å². The number of hydrogen-bond donors (Lipinski definition) is 1. The number of halogens is 1. The largest absolute Gasteiger partial charge is 0.491 e. The summed E-state index contributed by atoms with van der Waals surface area (Å²) in [5.41, 5.74) is 2.34. The molecule has 1 aliphatic rings. The molecule has 1 aliphatic heterocycles. The highest BCUT2D eigenvalue weighted by atomic mass is 35.5. The van der Waals surface area contributed by atoms with Gasteiger partial charge in [0.1, 0.15) is 12.4 Å². The standard InChI is InChI=1S/C13H17NO2.ClH/c1-15-8-3-6-11-4-2-5-12-10-14-7-9-16-13(11)12;/h2-6,14H,7-10H2,1H3;1H/b6-3+;. The molecule has 0 saturated carbocycles. The summed E-state index contributed by atoms with van der Waals surface area (Å²) >= 11 is 0. The van der Waals surface area contributed by atoms with Gasteiger partial charge in [0.2, 0.25) is 0 Å². The van der Waals surface area contributed by atoms with Gasteiger partial charge in [-0.05, 0) is 0 Å². The Morgan fingerprint density at radius 1 is 1.47 bits per heavy atom. The molecule has 0 aliphatic carbocycles. The topological polar surface area (TPSA) is 30.5 Å². The quantitative estimate of drug-likeness (QED) is 0.899. The number of benzene rings is 1. The number of para-hydroxylation sites is 1. The zero-order chi connectivity index (χ0) is 11.2. The second-order valence-corrected chi connectivity index (χ2v) is 3.72. The van der Waals surface area contributed by atoms with Crippen molar-refractivity contribution in [2.45, 2.75) is 6.54 Å². The SMILES string of the molecule is COC/C=C/c1cccc2c1OCCNC2.Cl. The zero-order valence-corrected chi connectivity index (χ0v) is 10.8. The summed E-state index contributed by atoms with van der Waals surface area (Å²) in [7, 11) is 1.69. The van der Waals surface area contributed by atoms with Gasteiger partial charge in [0.15, 0.2) is 0 Å². The fraction of sp³-hybridized carbons (Fsp3) is 0.385. The van der Waals surface area contributed by atoms with Crippen LogP contribution in [-0.2, 0) is 11.3 Å². The van der Waals surface area contributed by atoms with Crippen LogP contribution in [0.15, 0.2) is 24.3 Å². The first-order valence-electron chi connectivity index (χ1n) is 5.52. The molecule has 3 nitrogen and oxygen atoms in total. The smallest absolute Gasteiger partial charge is 0.131 e. The van der Waals surface area contributed by atoms with Crippen LogP contribution in [0.2, 0.25) is 0 Å². The second-order valence-electron chi connectivity index (χ2n) is 3.72. The summed E-state index contributed by atoms with van der Waals surface area (Å²) in [4.78, 5) is 0. The minimum absolute atomic E-state index is 0. The molecule has 0 bridgehead atoms. The van der Waals surface area contributed by atoms with E-state index in [0.717, 1.165) is 31.0 Å². The van der Waals surface area contributed by atoms with Crippen molar-refractivity contribution in [3.63, 3.8) is 0 Å². The molecule has 1 N–H and O–H groups in total. The van der Waals surface area contributed by atoms with Crippen molar-refractivity contribution in [1.82, 2.24) is 5.32 Å². The van der Waals surface area contributed by atoms with Crippen LogP contribution in [0.4, 0.5) is 0 Å². The van der Waals surface area contributed by atoms with Gasteiger partial charge in [-0.3, -0.25) is 0 Å². The summed E-state index contributed by atoms with van der Waals surface area (Å²) in [5, 5.41) is 3.32.